The highest BCUT2D eigenvalue weighted by atomic mass is 19.1. The highest BCUT2D eigenvalue weighted by Crippen LogP contribution is 2.50. The molecule has 5 rings (SSSR count). The number of ether oxygens (including phenoxy) is 1. The second kappa shape index (κ2) is 8.36. The Hall–Kier alpha value is -4.35. The molecule has 1 saturated heterocycles. The summed E-state index contributed by atoms with van der Waals surface area (Å²) in [7, 11) is 1.45. The fraction of sp³-hybridized carbons (Fsp3) is 0.320. The zero-order valence-electron chi connectivity index (χ0n) is 20.4. The number of carbonyl (C=O) groups excluding carboxylic acids is 3. The van der Waals surface area contributed by atoms with Gasteiger partial charge < -0.3 is 9.64 Å². The van der Waals surface area contributed by atoms with E-state index in [1.54, 1.807) is 20.8 Å². The fourth-order valence-corrected chi connectivity index (χ4v) is 4.80. The predicted molar refractivity (Wildman–Crippen MR) is 128 cm³/mol. The number of rotatable bonds is 2. The molecule has 12 heteroatoms. The van der Waals surface area contributed by atoms with Crippen LogP contribution in [0.5, 0.6) is 0 Å². The van der Waals surface area contributed by atoms with E-state index < -0.39 is 52.9 Å². The van der Waals surface area contributed by atoms with Crippen LogP contribution in [0.15, 0.2) is 41.2 Å². The van der Waals surface area contributed by atoms with Crippen molar-refractivity contribution in [1.29, 1.82) is 0 Å². The number of hydrogen-bond acceptors (Lipinski definition) is 6. The van der Waals surface area contributed by atoms with Gasteiger partial charge >= 0.3 is 12.1 Å². The lowest BCUT2D eigenvalue weighted by Gasteiger charge is -2.44. The third kappa shape index (κ3) is 3.98. The molecule has 2 aromatic carbocycles. The summed E-state index contributed by atoms with van der Waals surface area (Å²) < 4.78 is 34.4. The second-order valence-corrected chi connectivity index (χ2v) is 9.98. The molecule has 2 aliphatic rings. The predicted octanol–water partition coefficient (Wildman–Crippen LogP) is 3.63. The van der Waals surface area contributed by atoms with Crippen LogP contribution >= 0.6 is 0 Å². The minimum atomic E-state index is -1.25. The molecular formula is C25H23F2N5O5. The number of urea groups is 1. The Kier molecular flexibility index (Phi) is 5.50. The van der Waals surface area contributed by atoms with Crippen LogP contribution in [0.4, 0.5) is 24.1 Å². The maximum Gasteiger partial charge on any atom is 0.415 e. The van der Waals surface area contributed by atoms with Gasteiger partial charge in [0, 0.05) is 12.4 Å². The van der Waals surface area contributed by atoms with E-state index in [0.717, 1.165) is 34.1 Å². The quantitative estimate of drug-likeness (QED) is 0.526. The Labute approximate surface area is 209 Å². The number of nitrogens with one attached hydrogen (secondary N) is 1. The van der Waals surface area contributed by atoms with Crippen LogP contribution in [0.2, 0.25) is 0 Å². The summed E-state index contributed by atoms with van der Waals surface area (Å²) >= 11 is 0. The maximum atomic E-state index is 14.8. The summed E-state index contributed by atoms with van der Waals surface area (Å²) in [5, 5.41) is 6.45. The summed E-state index contributed by atoms with van der Waals surface area (Å²) in [6.07, 6.45) is -0.919. The number of halogens is 2. The van der Waals surface area contributed by atoms with E-state index in [0.29, 0.717) is 5.56 Å². The van der Waals surface area contributed by atoms with Gasteiger partial charge in [-0.1, -0.05) is 12.1 Å². The number of hydrogen-bond donors (Lipinski definition) is 1. The van der Waals surface area contributed by atoms with Crippen LogP contribution in [0.1, 0.15) is 44.1 Å². The molecule has 2 aliphatic heterocycles. The largest absolute Gasteiger partial charge is 0.443 e. The first kappa shape index (κ1) is 24.3. The molecule has 3 heterocycles. The zero-order chi connectivity index (χ0) is 26.8. The molecule has 0 aliphatic carbocycles. The van der Waals surface area contributed by atoms with E-state index in [1.165, 1.54) is 24.1 Å². The number of amides is 4. The number of imide groups is 1. The van der Waals surface area contributed by atoms with Gasteiger partial charge in [-0.15, -0.1) is 0 Å². The molecule has 2 unspecified atom stereocenters. The van der Waals surface area contributed by atoms with Crippen molar-refractivity contribution in [2.75, 3.05) is 18.5 Å². The van der Waals surface area contributed by atoms with Gasteiger partial charge in [-0.05, 0) is 50.6 Å². The Bertz CT molecular complexity index is 1510. The number of aromatic nitrogens is 2. The molecule has 37 heavy (non-hydrogen) atoms. The van der Waals surface area contributed by atoms with Crippen molar-refractivity contribution in [2.24, 2.45) is 0 Å². The summed E-state index contributed by atoms with van der Waals surface area (Å²) in [6.45, 7) is 4.70. The summed E-state index contributed by atoms with van der Waals surface area (Å²) in [5.41, 5.74) is -1.33. The van der Waals surface area contributed by atoms with Gasteiger partial charge in [0.15, 0.2) is 0 Å². The van der Waals surface area contributed by atoms with E-state index in [4.69, 9.17) is 4.74 Å². The summed E-state index contributed by atoms with van der Waals surface area (Å²) in [4.78, 5) is 55.9. The van der Waals surface area contributed by atoms with E-state index in [1.807, 2.05) is 0 Å². The van der Waals surface area contributed by atoms with E-state index >= 15 is 0 Å². The standard InChI is InChI=1S/C25H23F2N5O5/c1-25(2,3)37-24(36)31-16-10-14(27)9-15-18(16)19(28-29-22(15)34)21(32-17(33)11-30(4)23(32)35)20(31)12-5-7-13(26)8-6-12/h5-10,20-21H,11H2,1-4H3,(H,29,34). The Morgan fingerprint density at radius 3 is 2.32 bits per heavy atom. The average Bonchev–Trinajstić information content (AvgIpc) is 3.05. The molecule has 0 radical (unpaired) electrons. The Morgan fingerprint density at radius 2 is 1.73 bits per heavy atom. The van der Waals surface area contributed by atoms with E-state index in [2.05, 4.69) is 10.2 Å². The van der Waals surface area contributed by atoms with Crippen LogP contribution in [0, 0.1) is 11.6 Å². The first-order valence-electron chi connectivity index (χ1n) is 11.4. The first-order chi connectivity index (χ1) is 17.4. The van der Waals surface area contributed by atoms with Crippen molar-refractivity contribution < 1.29 is 27.9 Å². The molecule has 10 nitrogen and oxygen atoms in total. The van der Waals surface area contributed by atoms with Crippen LogP contribution < -0.4 is 10.5 Å². The molecule has 192 valence electrons. The SMILES string of the molecule is CN1CC(=O)N(C2c3n[nH]c(=O)c4cc(F)cc(c34)N(C(=O)OC(C)(C)C)C2c2ccc(F)cc2)C1=O. The fourth-order valence-electron chi connectivity index (χ4n) is 4.80. The number of benzene rings is 2. The van der Waals surface area contributed by atoms with Gasteiger partial charge in [-0.3, -0.25) is 19.4 Å². The van der Waals surface area contributed by atoms with Gasteiger partial charge in [0.2, 0.25) is 0 Å². The van der Waals surface area contributed by atoms with E-state index in [9.17, 15) is 28.0 Å². The molecule has 1 aromatic heterocycles. The lowest BCUT2D eigenvalue weighted by Crippen LogP contribution is -2.50. The van der Waals surface area contributed by atoms with Crippen molar-refractivity contribution in [3.8, 4) is 0 Å². The van der Waals surface area contributed by atoms with Gasteiger partial charge in [-0.25, -0.2) is 23.5 Å². The smallest absolute Gasteiger partial charge is 0.415 e. The van der Waals surface area contributed by atoms with Crippen molar-refractivity contribution in [3.05, 3.63) is 69.6 Å². The van der Waals surface area contributed by atoms with Crippen molar-refractivity contribution >= 4 is 34.5 Å². The van der Waals surface area contributed by atoms with E-state index in [-0.39, 0.29) is 28.7 Å². The summed E-state index contributed by atoms with van der Waals surface area (Å²) in [5.74, 6) is -1.92. The van der Waals surface area contributed by atoms with Gasteiger partial charge in [0.05, 0.1) is 22.8 Å². The third-order valence-corrected chi connectivity index (χ3v) is 6.23. The minimum Gasteiger partial charge on any atom is -0.443 e. The molecular weight excluding hydrogens is 488 g/mol. The monoisotopic (exact) mass is 511 g/mol. The molecule has 0 spiro atoms. The van der Waals surface area contributed by atoms with Gasteiger partial charge in [-0.2, -0.15) is 5.10 Å². The molecule has 4 amide bonds. The number of anilines is 1. The van der Waals surface area contributed by atoms with Gasteiger partial charge in [0.1, 0.15) is 29.8 Å². The second-order valence-electron chi connectivity index (χ2n) is 9.98. The van der Waals surface area contributed by atoms with Crippen molar-refractivity contribution in [2.45, 2.75) is 38.5 Å². The first-order valence-corrected chi connectivity index (χ1v) is 11.4. The molecule has 1 fully saturated rings. The molecule has 2 atom stereocenters. The normalized spacial score (nSPS) is 19.7. The lowest BCUT2D eigenvalue weighted by atomic mass is 9.87. The Morgan fingerprint density at radius 1 is 1.05 bits per heavy atom. The number of aromatic amines is 1. The summed E-state index contributed by atoms with van der Waals surface area (Å²) in [6, 6.07) is 4.07. The van der Waals surface area contributed by atoms with Crippen molar-refractivity contribution in [1.82, 2.24) is 20.0 Å². The zero-order valence-corrected chi connectivity index (χ0v) is 20.4. The third-order valence-electron chi connectivity index (χ3n) is 6.23. The number of nitrogens with zero attached hydrogens (tertiary/aromatic N) is 4. The molecule has 0 saturated carbocycles. The number of H-pyrrole nitrogens is 1. The highest BCUT2D eigenvalue weighted by molar-refractivity contribution is 6.07. The van der Waals surface area contributed by atoms with Crippen LogP contribution in [-0.2, 0) is 9.53 Å². The highest BCUT2D eigenvalue weighted by Gasteiger charge is 2.51. The Balaban J connectivity index is 1.88. The number of carbonyl (C=O) groups is 3. The van der Waals surface area contributed by atoms with Crippen LogP contribution in [0.3, 0.4) is 0 Å². The molecule has 0 bridgehead atoms. The van der Waals surface area contributed by atoms with Crippen molar-refractivity contribution in [3.63, 3.8) is 0 Å². The number of likely N-dealkylation sites (N-methyl/N-ethyl adjacent to an activating group) is 1. The topological polar surface area (TPSA) is 116 Å². The average molecular weight is 511 g/mol. The van der Waals surface area contributed by atoms with Crippen LogP contribution in [-0.4, -0.2) is 57.2 Å². The van der Waals surface area contributed by atoms with Crippen LogP contribution in [0.25, 0.3) is 10.8 Å². The maximum absolute atomic E-state index is 14.8. The van der Waals surface area contributed by atoms with Gasteiger partial charge in [0.25, 0.3) is 11.5 Å². The lowest BCUT2D eigenvalue weighted by molar-refractivity contribution is -0.127. The molecule has 3 aromatic rings. The molecule has 1 N–H and O–H groups in total. The minimum absolute atomic E-state index is 0.0316.